The molecule has 0 amide bonds. The molecule has 2 fully saturated rings. The molecule has 2 unspecified atom stereocenters. The molecular formula is C16H20N6O2. The largest absolute Gasteiger partial charge is 0.461 e. The maximum Gasteiger partial charge on any atom is 0.360 e. The van der Waals surface area contributed by atoms with Crippen LogP contribution in [-0.2, 0) is 11.3 Å². The molecule has 1 aliphatic carbocycles. The molecule has 1 aliphatic heterocycles. The lowest BCUT2D eigenvalue weighted by Crippen LogP contribution is -2.24. The Bertz CT molecular complexity index is 764. The highest BCUT2D eigenvalue weighted by atomic mass is 16.5. The monoisotopic (exact) mass is 328 g/mol. The third kappa shape index (κ3) is 2.83. The molecule has 1 saturated heterocycles. The van der Waals surface area contributed by atoms with Gasteiger partial charge in [-0.3, -0.25) is 0 Å². The van der Waals surface area contributed by atoms with Crippen LogP contribution in [0, 0.1) is 18.8 Å². The maximum atomic E-state index is 11.6. The number of rotatable bonds is 5. The van der Waals surface area contributed by atoms with Gasteiger partial charge in [-0.05, 0) is 32.1 Å². The summed E-state index contributed by atoms with van der Waals surface area (Å²) in [7, 11) is 0. The number of fused-ring (bicyclic) bond motifs is 1. The predicted octanol–water partition coefficient (Wildman–Crippen LogP) is 1.06. The Hall–Kier alpha value is -2.51. The van der Waals surface area contributed by atoms with E-state index < -0.39 is 5.97 Å². The highest BCUT2D eigenvalue weighted by molar-refractivity contribution is 5.86. The standard InChI is InChI=1S/C16H20N6O2/c1-3-24-15(23)14-9-22(20-19-14)8-13-5-17-16(18-10(13)2)21-6-11-4-12(11)7-21/h5,9,11-12H,3-4,6-8H2,1-2H3. The first-order valence-corrected chi connectivity index (χ1v) is 8.28. The van der Waals surface area contributed by atoms with Gasteiger partial charge in [-0.2, -0.15) is 0 Å². The topological polar surface area (TPSA) is 86.0 Å². The molecule has 8 nitrogen and oxygen atoms in total. The maximum absolute atomic E-state index is 11.6. The first-order valence-electron chi connectivity index (χ1n) is 8.28. The highest BCUT2D eigenvalue weighted by Gasteiger charge is 2.45. The Balaban J connectivity index is 1.45. The molecule has 0 aromatic carbocycles. The minimum absolute atomic E-state index is 0.211. The molecule has 3 heterocycles. The molecule has 2 aliphatic rings. The van der Waals surface area contributed by atoms with Gasteiger partial charge in [-0.1, -0.05) is 5.21 Å². The number of aromatic nitrogens is 5. The van der Waals surface area contributed by atoms with Gasteiger partial charge in [0.2, 0.25) is 5.95 Å². The summed E-state index contributed by atoms with van der Waals surface area (Å²) in [5.41, 5.74) is 2.10. The van der Waals surface area contributed by atoms with Crippen molar-refractivity contribution in [1.82, 2.24) is 25.0 Å². The number of carbonyl (C=O) groups excluding carboxylic acids is 1. The summed E-state index contributed by atoms with van der Waals surface area (Å²) in [6, 6.07) is 0. The number of esters is 1. The summed E-state index contributed by atoms with van der Waals surface area (Å²) >= 11 is 0. The van der Waals surface area contributed by atoms with Crippen molar-refractivity contribution in [2.45, 2.75) is 26.8 Å². The average molecular weight is 328 g/mol. The molecule has 4 rings (SSSR count). The van der Waals surface area contributed by atoms with Crippen molar-refractivity contribution in [2.75, 3.05) is 24.6 Å². The van der Waals surface area contributed by atoms with E-state index in [0.717, 1.165) is 42.1 Å². The molecule has 2 aromatic rings. The number of aryl methyl sites for hydroxylation is 1. The Labute approximate surface area is 139 Å². The fourth-order valence-electron chi connectivity index (χ4n) is 3.20. The summed E-state index contributed by atoms with van der Waals surface area (Å²) in [4.78, 5) is 23.0. The molecule has 126 valence electrons. The number of hydrogen-bond acceptors (Lipinski definition) is 7. The number of piperidine rings is 1. The van der Waals surface area contributed by atoms with E-state index in [2.05, 4.69) is 25.2 Å². The van der Waals surface area contributed by atoms with Crippen molar-refractivity contribution in [2.24, 2.45) is 11.8 Å². The van der Waals surface area contributed by atoms with Gasteiger partial charge in [0.05, 0.1) is 19.3 Å². The van der Waals surface area contributed by atoms with Gasteiger partial charge in [-0.15, -0.1) is 5.10 Å². The summed E-state index contributed by atoms with van der Waals surface area (Å²) in [5.74, 6) is 2.06. The van der Waals surface area contributed by atoms with E-state index in [0.29, 0.717) is 13.2 Å². The zero-order valence-electron chi connectivity index (χ0n) is 13.8. The lowest BCUT2D eigenvalue weighted by atomic mass is 10.2. The van der Waals surface area contributed by atoms with E-state index in [1.54, 1.807) is 17.8 Å². The Kier molecular flexibility index (Phi) is 3.66. The van der Waals surface area contributed by atoms with Gasteiger partial charge < -0.3 is 9.64 Å². The van der Waals surface area contributed by atoms with Gasteiger partial charge in [0, 0.05) is 30.5 Å². The Morgan fingerprint density at radius 1 is 1.38 bits per heavy atom. The van der Waals surface area contributed by atoms with Crippen molar-refractivity contribution in [3.8, 4) is 0 Å². The fourth-order valence-corrected chi connectivity index (χ4v) is 3.20. The van der Waals surface area contributed by atoms with Crippen LogP contribution in [0.2, 0.25) is 0 Å². The fraction of sp³-hybridized carbons (Fsp3) is 0.562. The second kappa shape index (κ2) is 5.85. The van der Waals surface area contributed by atoms with Crippen LogP contribution < -0.4 is 4.90 Å². The second-order valence-corrected chi connectivity index (χ2v) is 6.46. The quantitative estimate of drug-likeness (QED) is 0.758. The molecular weight excluding hydrogens is 308 g/mol. The molecule has 24 heavy (non-hydrogen) atoms. The molecule has 8 heteroatoms. The molecule has 2 aromatic heterocycles. The van der Waals surface area contributed by atoms with Crippen LogP contribution in [0.15, 0.2) is 12.4 Å². The number of carbonyl (C=O) groups is 1. The van der Waals surface area contributed by atoms with Gasteiger partial charge in [-0.25, -0.2) is 19.4 Å². The van der Waals surface area contributed by atoms with E-state index in [4.69, 9.17) is 4.74 Å². The van der Waals surface area contributed by atoms with Crippen LogP contribution in [0.3, 0.4) is 0 Å². The van der Waals surface area contributed by atoms with E-state index in [1.165, 1.54) is 6.42 Å². The number of anilines is 1. The average Bonchev–Trinajstić information content (AvgIpc) is 2.98. The van der Waals surface area contributed by atoms with Crippen LogP contribution in [0.25, 0.3) is 0 Å². The lowest BCUT2D eigenvalue weighted by molar-refractivity contribution is 0.0519. The number of ether oxygens (including phenoxy) is 1. The zero-order chi connectivity index (χ0) is 16.7. The van der Waals surface area contributed by atoms with Crippen molar-refractivity contribution in [1.29, 1.82) is 0 Å². The van der Waals surface area contributed by atoms with E-state index in [9.17, 15) is 4.79 Å². The lowest BCUT2D eigenvalue weighted by Gasteiger charge is -2.18. The van der Waals surface area contributed by atoms with Crippen molar-refractivity contribution >= 4 is 11.9 Å². The minimum atomic E-state index is -0.459. The first-order chi connectivity index (χ1) is 11.6. The van der Waals surface area contributed by atoms with E-state index in [1.807, 2.05) is 13.1 Å². The first kappa shape index (κ1) is 15.0. The van der Waals surface area contributed by atoms with Crippen LogP contribution in [0.4, 0.5) is 5.95 Å². The van der Waals surface area contributed by atoms with Crippen molar-refractivity contribution in [3.05, 3.63) is 29.3 Å². The highest BCUT2D eigenvalue weighted by Crippen LogP contribution is 2.45. The minimum Gasteiger partial charge on any atom is -0.461 e. The van der Waals surface area contributed by atoms with Gasteiger partial charge >= 0.3 is 5.97 Å². The van der Waals surface area contributed by atoms with Crippen molar-refractivity contribution in [3.63, 3.8) is 0 Å². The summed E-state index contributed by atoms with van der Waals surface area (Å²) in [6.45, 7) is 6.68. The van der Waals surface area contributed by atoms with E-state index >= 15 is 0 Å². The van der Waals surface area contributed by atoms with Crippen LogP contribution in [0.1, 0.15) is 35.1 Å². The third-order valence-corrected chi connectivity index (χ3v) is 4.69. The smallest absolute Gasteiger partial charge is 0.360 e. The van der Waals surface area contributed by atoms with Gasteiger partial charge in [0.25, 0.3) is 0 Å². The molecule has 0 bridgehead atoms. The Morgan fingerprint density at radius 3 is 2.88 bits per heavy atom. The Morgan fingerprint density at radius 2 is 2.17 bits per heavy atom. The molecule has 0 spiro atoms. The summed E-state index contributed by atoms with van der Waals surface area (Å²) < 4.78 is 6.51. The van der Waals surface area contributed by atoms with Crippen LogP contribution in [0.5, 0.6) is 0 Å². The van der Waals surface area contributed by atoms with Crippen LogP contribution in [-0.4, -0.2) is 50.6 Å². The predicted molar refractivity (Wildman–Crippen MR) is 85.7 cm³/mol. The molecule has 0 N–H and O–H groups in total. The van der Waals surface area contributed by atoms with E-state index in [-0.39, 0.29) is 5.69 Å². The van der Waals surface area contributed by atoms with Crippen LogP contribution >= 0.6 is 0 Å². The zero-order valence-corrected chi connectivity index (χ0v) is 13.8. The normalized spacial score (nSPS) is 21.7. The van der Waals surface area contributed by atoms with Gasteiger partial charge in [0.15, 0.2) is 5.69 Å². The second-order valence-electron chi connectivity index (χ2n) is 6.46. The SMILES string of the molecule is CCOC(=O)c1cn(Cc2cnc(N3CC4CC4C3)nc2C)nn1. The van der Waals surface area contributed by atoms with Crippen molar-refractivity contribution < 1.29 is 9.53 Å². The summed E-state index contributed by atoms with van der Waals surface area (Å²) in [6.07, 6.45) is 4.79. The number of hydrogen-bond donors (Lipinski definition) is 0. The number of nitrogens with zero attached hydrogens (tertiary/aromatic N) is 6. The molecule has 0 radical (unpaired) electrons. The third-order valence-electron chi connectivity index (χ3n) is 4.69. The molecule has 2 atom stereocenters. The summed E-state index contributed by atoms with van der Waals surface area (Å²) in [5, 5.41) is 7.82. The molecule has 1 saturated carbocycles. The van der Waals surface area contributed by atoms with Gasteiger partial charge in [0.1, 0.15) is 0 Å².